The average Bonchev–Trinajstić information content (AvgIpc) is 3.05. The number of carbonyl (C=O) groups is 1. The van der Waals surface area contributed by atoms with Gasteiger partial charge < -0.3 is 14.8 Å². The van der Waals surface area contributed by atoms with E-state index in [1.165, 1.54) is 0 Å². The molecule has 27 heavy (non-hydrogen) atoms. The smallest absolute Gasteiger partial charge is 0.276 e. The minimum Gasteiger partial charge on any atom is -0.454 e. The third-order valence-electron chi connectivity index (χ3n) is 5.18. The topological polar surface area (TPSA) is 99.5 Å². The van der Waals surface area contributed by atoms with Gasteiger partial charge in [-0.05, 0) is 37.5 Å². The van der Waals surface area contributed by atoms with Crippen molar-refractivity contribution in [1.29, 1.82) is 0 Å². The van der Waals surface area contributed by atoms with Crippen molar-refractivity contribution in [3.8, 4) is 11.5 Å². The molecule has 1 amide bonds. The standard InChI is InChI=1S/C18H19N3O5S/c22-18(19-12-3-4-16-17(7-12)26-10-25-16)14-8-15(11-1-2-11)21(20-14)13-5-6-27(23,24)9-13/h3-4,7-8,11,13H,1-2,5-6,9-10H2,(H,19,22). The normalized spacial score (nSPS) is 22.7. The van der Waals surface area contributed by atoms with Crippen LogP contribution in [0.5, 0.6) is 11.5 Å². The lowest BCUT2D eigenvalue weighted by atomic mass is 10.2. The number of ether oxygens (including phenoxy) is 2. The zero-order valence-electron chi connectivity index (χ0n) is 14.6. The molecular formula is C18H19N3O5S. The first kappa shape index (κ1) is 16.6. The molecule has 8 nitrogen and oxygen atoms in total. The van der Waals surface area contributed by atoms with Crippen LogP contribution in [0.3, 0.4) is 0 Å². The fourth-order valence-electron chi connectivity index (χ4n) is 3.63. The van der Waals surface area contributed by atoms with Crippen LogP contribution >= 0.6 is 0 Å². The third-order valence-corrected chi connectivity index (χ3v) is 6.93. The van der Waals surface area contributed by atoms with E-state index in [0.29, 0.717) is 35.2 Å². The van der Waals surface area contributed by atoms with Gasteiger partial charge in [-0.3, -0.25) is 9.48 Å². The molecule has 1 atom stereocenters. The van der Waals surface area contributed by atoms with Crippen LogP contribution in [0.15, 0.2) is 24.3 Å². The van der Waals surface area contributed by atoms with Gasteiger partial charge in [0, 0.05) is 23.4 Å². The molecule has 2 aromatic rings. The summed E-state index contributed by atoms with van der Waals surface area (Å²) in [5.74, 6) is 1.56. The first-order valence-corrected chi connectivity index (χ1v) is 10.8. The van der Waals surface area contributed by atoms with Crippen molar-refractivity contribution in [2.75, 3.05) is 23.6 Å². The number of aromatic nitrogens is 2. The number of hydrogen-bond donors (Lipinski definition) is 1. The van der Waals surface area contributed by atoms with Crippen LogP contribution in [0.2, 0.25) is 0 Å². The molecule has 5 rings (SSSR count). The zero-order valence-corrected chi connectivity index (χ0v) is 15.4. The summed E-state index contributed by atoms with van der Waals surface area (Å²) in [5, 5.41) is 7.30. The summed E-state index contributed by atoms with van der Waals surface area (Å²) < 4.78 is 36.1. The number of hydrogen-bond acceptors (Lipinski definition) is 6. The number of carbonyl (C=O) groups excluding carboxylic acids is 1. The Bertz CT molecular complexity index is 1030. The van der Waals surface area contributed by atoms with Crippen molar-refractivity contribution in [1.82, 2.24) is 9.78 Å². The molecule has 2 fully saturated rings. The van der Waals surface area contributed by atoms with E-state index < -0.39 is 9.84 Å². The minimum atomic E-state index is -3.02. The van der Waals surface area contributed by atoms with E-state index in [2.05, 4.69) is 10.4 Å². The molecule has 142 valence electrons. The highest BCUT2D eigenvalue weighted by atomic mass is 32.2. The Balaban J connectivity index is 1.40. The Hall–Kier alpha value is -2.55. The third kappa shape index (κ3) is 3.16. The first-order chi connectivity index (χ1) is 13.0. The van der Waals surface area contributed by atoms with Gasteiger partial charge in [0.05, 0.1) is 17.5 Å². The number of benzene rings is 1. The second kappa shape index (κ2) is 5.98. The van der Waals surface area contributed by atoms with Gasteiger partial charge in [-0.1, -0.05) is 0 Å². The Morgan fingerprint density at radius 1 is 1.15 bits per heavy atom. The SMILES string of the molecule is O=C(Nc1ccc2c(c1)OCO2)c1cc(C2CC2)n(C2CCS(=O)(=O)C2)n1. The maximum Gasteiger partial charge on any atom is 0.276 e. The highest BCUT2D eigenvalue weighted by Crippen LogP contribution is 2.42. The number of sulfone groups is 1. The molecule has 1 unspecified atom stereocenters. The van der Waals surface area contributed by atoms with E-state index in [4.69, 9.17) is 9.47 Å². The van der Waals surface area contributed by atoms with Gasteiger partial charge in [0.1, 0.15) is 0 Å². The quantitative estimate of drug-likeness (QED) is 0.860. The van der Waals surface area contributed by atoms with Crippen molar-refractivity contribution in [2.24, 2.45) is 0 Å². The molecule has 1 aromatic carbocycles. The average molecular weight is 389 g/mol. The maximum atomic E-state index is 12.7. The van der Waals surface area contributed by atoms with Gasteiger partial charge in [-0.25, -0.2) is 8.42 Å². The maximum absolute atomic E-state index is 12.7. The van der Waals surface area contributed by atoms with E-state index >= 15 is 0 Å². The summed E-state index contributed by atoms with van der Waals surface area (Å²) in [6.45, 7) is 0.173. The molecule has 1 saturated heterocycles. The number of fused-ring (bicyclic) bond motifs is 1. The summed E-state index contributed by atoms with van der Waals surface area (Å²) in [6, 6.07) is 6.81. The Labute approximate surface area is 156 Å². The largest absolute Gasteiger partial charge is 0.454 e. The van der Waals surface area contributed by atoms with Crippen molar-refractivity contribution < 1.29 is 22.7 Å². The lowest BCUT2D eigenvalue weighted by molar-refractivity contribution is 0.102. The molecule has 1 saturated carbocycles. The first-order valence-electron chi connectivity index (χ1n) is 8.99. The van der Waals surface area contributed by atoms with E-state index in [1.807, 2.05) is 0 Å². The second-order valence-corrected chi connectivity index (χ2v) is 9.48. The molecule has 3 heterocycles. The van der Waals surface area contributed by atoms with Gasteiger partial charge in [0.15, 0.2) is 27.0 Å². The number of anilines is 1. The molecule has 3 aliphatic rings. The second-order valence-electron chi connectivity index (χ2n) is 7.25. The molecule has 0 bridgehead atoms. The zero-order chi connectivity index (χ0) is 18.6. The van der Waals surface area contributed by atoms with E-state index in [1.54, 1.807) is 28.9 Å². The highest BCUT2D eigenvalue weighted by molar-refractivity contribution is 7.91. The highest BCUT2D eigenvalue weighted by Gasteiger charge is 2.36. The summed E-state index contributed by atoms with van der Waals surface area (Å²) in [7, 11) is -3.02. The fraction of sp³-hybridized carbons (Fsp3) is 0.444. The lowest BCUT2D eigenvalue weighted by Gasteiger charge is -2.12. The van der Waals surface area contributed by atoms with Crippen LogP contribution in [-0.2, 0) is 9.84 Å². The molecular weight excluding hydrogens is 370 g/mol. The van der Waals surface area contributed by atoms with Crippen LogP contribution in [0.25, 0.3) is 0 Å². The van der Waals surface area contributed by atoms with Crippen molar-refractivity contribution in [3.63, 3.8) is 0 Å². The number of rotatable bonds is 4. The van der Waals surface area contributed by atoms with Crippen LogP contribution < -0.4 is 14.8 Å². The molecule has 2 aliphatic heterocycles. The Morgan fingerprint density at radius 2 is 1.96 bits per heavy atom. The van der Waals surface area contributed by atoms with Crippen LogP contribution in [0.1, 0.15) is 47.4 Å². The monoisotopic (exact) mass is 389 g/mol. The molecule has 1 aromatic heterocycles. The summed E-state index contributed by atoms with van der Waals surface area (Å²) in [6.07, 6.45) is 2.65. The van der Waals surface area contributed by atoms with Crippen LogP contribution in [-0.4, -0.2) is 42.4 Å². The summed E-state index contributed by atoms with van der Waals surface area (Å²) in [5.41, 5.74) is 1.86. The van der Waals surface area contributed by atoms with Crippen LogP contribution in [0.4, 0.5) is 5.69 Å². The molecule has 9 heteroatoms. The van der Waals surface area contributed by atoms with E-state index in [9.17, 15) is 13.2 Å². The Morgan fingerprint density at radius 3 is 2.70 bits per heavy atom. The fourth-order valence-corrected chi connectivity index (χ4v) is 5.33. The van der Waals surface area contributed by atoms with Crippen molar-refractivity contribution in [3.05, 3.63) is 35.7 Å². The van der Waals surface area contributed by atoms with Crippen molar-refractivity contribution >= 4 is 21.4 Å². The molecule has 0 radical (unpaired) electrons. The van der Waals surface area contributed by atoms with Gasteiger partial charge in [-0.15, -0.1) is 0 Å². The van der Waals surface area contributed by atoms with Gasteiger partial charge in [0.25, 0.3) is 5.91 Å². The van der Waals surface area contributed by atoms with Crippen molar-refractivity contribution in [2.45, 2.75) is 31.2 Å². The molecule has 1 aliphatic carbocycles. The number of amides is 1. The minimum absolute atomic E-state index is 0.0949. The molecule has 1 N–H and O–H groups in total. The predicted molar refractivity (Wildman–Crippen MR) is 97.0 cm³/mol. The summed E-state index contributed by atoms with van der Waals surface area (Å²) in [4.78, 5) is 12.7. The van der Waals surface area contributed by atoms with Gasteiger partial charge in [-0.2, -0.15) is 5.10 Å². The van der Waals surface area contributed by atoms with E-state index in [0.717, 1.165) is 18.5 Å². The number of nitrogens with zero attached hydrogens (tertiary/aromatic N) is 2. The van der Waals surface area contributed by atoms with Gasteiger partial charge in [0.2, 0.25) is 6.79 Å². The van der Waals surface area contributed by atoms with E-state index in [-0.39, 0.29) is 30.2 Å². The van der Waals surface area contributed by atoms with Crippen LogP contribution in [0, 0.1) is 0 Å². The molecule has 0 spiro atoms. The van der Waals surface area contributed by atoms with Gasteiger partial charge >= 0.3 is 0 Å². The Kier molecular flexibility index (Phi) is 3.68. The lowest BCUT2D eigenvalue weighted by Crippen LogP contribution is -2.17. The predicted octanol–water partition coefficient (Wildman–Crippen LogP) is 2.10. The summed E-state index contributed by atoms with van der Waals surface area (Å²) >= 11 is 0. The number of nitrogens with one attached hydrogen (secondary N) is 1.